The van der Waals surface area contributed by atoms with Crippen LogP contribution < -0.4 is 21.5 Å². The van der Waals surface area contributed by atoms with Gasteiger partial charge in [0.15, 0.2) is 0 Å². The van der Waals surface area contributed by atoms with Crippen LogP contribution in [0.15, 0.2) is 42.5 Å². The van der Waals surface area contributed by atoms with Gasteiger partial charge < -0.3 is 21.5 Å². The minimum absolute atomic E-state index is 0.564. The minimum atomic E-state index is 0.564. The lowest BCUT2D eigenvalue weighted by Crippen LogP contribution is -1.99. The number of benzene rings is 2. The number of para-hydroxylation sites is 2. The van der Waals surface area contributed by atoms with E-state index < -0.39 is 0 Å². The summed E-state index contributed by atoms with van der Waals surface area (Å²) < 4.78 is 5.54. The Morgan fingerprint density at radius 2 is 1.83 bits per heavy atom. The lowest BCUT2D eigenvalue weighted by atomic mass is 10.2. The number of anilines is 4. The maximum absolute atomic E-state index is 5.77. The Kier molecular flexibility index (Phi) is 3.57. The van der Waals surface area contributed by atoms with Gasteiger partial charge in [0.1, 0.15) is 5.75 Å². The molecule has 18 heavy (non-hydrogen) atoms. The number of hydrogen-bond donors (Lipinski definition) is 3. The number of nitrogens with one attached hydrogen (secondary N) is 1. The van der Waals surface area contributed by atoms with E-state index in [4.69, 9.17) is 16.2 Å². The Hall–Kier alpha value is -2.36. The van der Waals surface area contributed by atoms with Crippen molar-refractivity contribution in [2.45, 2.75) is 6.92 Å². The first-order valence-electron chi connectivity index (χ1n) is 5.84. The van der Waals surface area contributed by atoms with E-state index in [0.717, 1.165) is 17.1 Å². The fourth-order valence-corrected chi connectivity index (χ4v) is 1.66. The summed E-state index contributed by atoms with van der Waals surface area (Å²) in [4.78, 5) is 0. The SMILES string of the molecule is CCOc1ccccc1Nc1ccc(N)c(N)c1. The Bertz CT molecular complexity index is 540. The van der Waals surface area contributed by atoms with Crippen molar-refractivity contribution in [1.29, 1.82) is 0 Å². The molecule has 0 saturated carbocycles. The smallest absolute Gasteiger partial charge is 0.142 e. The number of ether oxygens (including phenoxy) is 1. The first-order chi connectivity index (χ1) is 8.70. The fraction of sp³-hybridized carbons (Fsp3) is 0.143. The molecule has 4 nitrogen and oxygen atoms in total. The zero-order valence-corrected chi connectivity index (χ0v) is 10.3. The zero-order chi connectivity index (χ0) is 13.0. The van der Waals surface area contributed by atoms with E-state index in [1.807, 2.05) is 37.3 Å². The average Bonchev–Trinajstić information content (AvgIpc) is 2.37. The van der Waals surface area contributed by atoms with E-state index in [2.05, 4.69) is 5.32 Å². The van der Waals surface area contributed by atoms with Crippen LogP contribution in [-0.4, -0.2) is 6.61 Å². The highest BCUT2D eigenvalue weighted by Crippen LogP contribution is 2.29. The van der Waals surface area contributed by atoms with Crippen molar-refractivity contribution in [3.8, 4) is 5.75 Å². The summed E-state index contributed by atoms with van der Waals surface area (Å²) in [6.45, 7) is 2.58. The third-order valence-electron chi connectivity index (χ3n) is 2.55. The molecule has 5 N–H and O–H groups in total. The van der Waals surface area contributed by atoms with E-state index in [9.17, 15) is 0 Å². The molecule has 0 spiro atoms. The minimum Gasteiger partial charge on any atom is -0.492 e. The van der Waals surface area contributed by atoms with Gasteiger partial charge in [-0.25, -0.2) is 0 Å². The predicted octanol–water partition coefficient (Wildman–Crippen LogP) is 2.99. The van der Waals surface area contributed by atoms with Gasteiger partial charge in [0.25, 0.3) is 0 Å². The van der Waals surface area contributed by atoms with Crippen LogP contribution in [0.1, 0.15) is 6.92 Å². The van der Waals surface area contributed by atoms with Crippen LogP contribution in [-0.2, 0) is 0 Å². The molecular formula is C14H17N3O. The van der Waals surface area contributed by atoms with Crippen molar-refractivity contribution in [3.05, 3.63) is 42.5 Å². The Morgan fingerprint density at radius 3 is 2.56 bits per heavy atom. The number of nitrogens with two attached hydrogens (primary N) is 2. The van der Waals surface area contributed by atoms with Gasteiger partial charge in [-0.2, -0.15) is 0 Å². The molecule has 0 aliphatic rings. The molecule has 0 amide bonds. The molecule has 2 aromatic carbocycles. The van der Waals surface area contributed by atoms with Gasteiger partial charge in [0.05, 0.1) is 23.7 Å². The fourth-order valence-electron chi connectivity index (χ4n) is 1.66. The van der Waals surface area contributed by atoms with Crippen molar-refractivity contribution in [1.82, 2.24) is 0 Å². The Labute approximate surface area is 107 Å². The van der Waals surface area contributed by atoms with Crippen molar-refractivity contribution in [2.24, 2.45) is 0 Å². The topological polar surface area (TPSA) is 73.3 Å². The van der Waals surface area contributed by atoms with Crippen LogP contribution >= 0.6 is 0 Å². The van der Waals surface area contributed by atoms with E-state index in [-0.39, 0.29) is 0 Å². The van der Waals surface area contributed by atoms with Crippen molar-refractivity contribution in [3.63, 3.8) is 0 Å². The summed E-state index contributed by atoms with van der Waals surface area (Å²) in [5.74, 6) is 0.815. The summed E-state index contributed by atoms with van der Waals surface area (Å²) in [5, 5.41) is 3.26. The Morgan fingerprint density at radius 1 is 1.06 bits per heavy atom. The molecule has 0 heterocycles. The normalized spacial score (nSPS) is 10.1. The monoisotopic (exact) mass is 243 g/mol. The lowest BCUT2D eigenvalue weighted by molar-refractivity contribution is 0.342. The van der Waals surface area contributed by atoms with Gasteiger partial charge in [-0.05, 0) is 37.3 Å². The predicted molar refractivity (Wildman–Crippen MR) is 76.2 cm³/mol. The Balaban J connectivity index is 2.25. The molecule has 0 fully saturated rings. The first kappa shape index (κ1) is 12.1. The molecule has 0 atom stereocenters. The number of nitrogen functional groups attached to an aromatic ring is 2. The molecule has 0 aliphatic heterocycles. The van der Waals surface area contributed by atoms with Gasteiger partial charge in [-0.15, -0.1) is 0 Å². The third kappa shape index (κ3) is 2.66. The highest BCUT2D eigenvalue weighted by Gasteiger charge is 2.03. The number of hydrogen-bond acceptors (Lipinski definition) is 4. The lowest BCUT2D eigenvalue weighted by Gasteiger charge is -2.13. The summed E-state index contributed by atoms with van der Waals surface area (Å²) in [7, 11) is 0. The van der Waals surface area contributed by atoms with Crippen LogP contribution in [0.25, 0.3) is 0 Å². The van der Waals surface area contributed by atoms with Crippen LogP contribution in [0.5, 0.6) is 5.75 Å². The van der Waals surface area contributed by atoms with E-state index in [1.54, 1.807) is 12.1 Å². The quantitative estimate of drug-likeness (QED) is 0.722. The van der Waals surface area contributed by atoms with E-state index in [1.165, 1.54) is 0 Å². The summed E-state index contributed by atoms with van der Waals surface area (Å²) >= 11 is 0. The third-order valence-corrected chi connectivity index (χ3v) is 2.55. The summed E-state index contributed by atoms with van der Waals surface area (Å²) in [6.07, 6.45) is 0. The standard InChI is InChI=1S/C14H17N3O/c1-2-18-14-6-4-3-5-13(14)17-10-7-8-11(15)12(16)9-10/h3-9,17H,2,15-16H2,1H3. The van der Waals surface area contributed by atoms with Crippen LogP contribution in [0, 0.1) is 0 Å². The van der Waals surface area contributed by atoms with Crippen molar-refractivity contribution >= 4 is 22.7 Å². The van der Waals surface area contributed by atoms with E-state index >= 15 is 0 Å². The molecule has 0 unspecified atom stereocenters. The molecule has 0 aromatic heterocycles. The zero-order valence-electron chi connectivity index (χ0n) is 10.3. The molecule has 0 saturated heterocycles. The van der Waals surface area contributed by atoms with Gasteiger partial charge in [-0.3, -0.25) is 0 Å². The largest absolute Gasteiger partial charge is 0.492 e. The molecular weight excluding hydrogens is 226 g/mol. The van der Waals surface area contributed by atoms with Gasteiger partial charge in [0, 0.05) is 5.69 Å². The molecule has 4 heteroatoms. The second-order valence-electron chi connectivity index (χ2n) is 3.90. The molecule has 94 valence electrons. The average molecular weight is 243 g/mol. The number of rotatable bonds is 4. The molecule has 0 radical (unpaired) electrons. The van der Waals surface area contributed by atoms with Gasteiger partial charge in [0.2, 0.25) is 0 Å². The van der Waals surface area contributed by atoms with Gasteiger partial charge >= 0.3 is 0 Å². The maximum Gasteiger partial charge on any atom is 0.142 e. The first-order valence-corrected chi connectivity index (χ1v) is 5.84. The maximum atomic E-state index is 5.77. The molecule has 0 bridgehead atoms. The van der Waals surface area contributed by atoms with Crippen LogP contribution in [0.2, 0.25) is 0 Å². The second-order valence-corrected chi connectivity index (χ2v) is 3.90. The van der Waals surface area contributed by atoms with E-state index in [0.29, 0.717) is 18.0 Å². The molecule has 0 aliphatic carbocycles. The van der Waals surface area contributed by atoms with Crippen molar-refractivity contribution in [2.75, 3.05) is 23.4 Å². The van der Waals surface area contributed by atoms with Crippen molar-refractivity contribution < 1.29 is 4.74 Å². The molecule has 2 rings (SSSR count). The van der Waals surface area contributed by atoms with Gasteiger partial charge in [-0.1, -0.05) is 12.1 Å². The molecule has 2 aromatic rings. The van der Waals surface area contributed by atoms with Crippen LogP contribution in [0.3, 0.4) is 0 Å². The summed E-state index contributed by atoms with van der Waals surface area (Å²) in [6, 6.07) is 13.2. The highest BCUT2D eigenvalue weighted by molar-refractivity contribution is 5.74. The van der Waals surface area contributed by atoms with Crippen LogP contribution in [0.4, 0.5) is 22.7 Å². The summed E-state index contributed by atoms with van der Waals surface area (Å²) in [5.41, 5.74) is 14.4. The second kappa shape index (κ2) is 5.31. The highest BCUT2D eigenvalue weighted by atomic mass is 16.5.